The lowest BCUT2D eigenvalue weighted by atomic mass is 10.2. The standard InChI is InChI=1S/C11H11Cl3O2/c12-7-5-9(14)10(6-8(7)13)16-11-3-1-2-4-15-11/h5-6,11H,1-4H2. The molecule has 1 atom stereocenters. The predicted octanol–water partition coefficient (Wildman–Crippen LogP) is 4.55. The van der Waals surface area contributed by atoms with E-state index < -0.39 is 0 Å². The first kappa shape index (κ1) is 12.3. The molecule has 0 aromatic heterocycles. The lowest BCUT2D eigenvalue weighted by Crippen LogP contribution is -2.25. The van der Waals surface area contributed by atoms with E-state index in [0.717, 1.165) is 25.9 Å². The maximum atomic E-state index is 6.00. The van der Waals surface area contributed by atoms with Gasteiger partial charge in [-0.25, -0.2) is 0 Å². The van der Waals surface area contributed by atoms with Crippen molar-refractivity contribution in [2.45, 2.75) is 25.6 Å². The second-order valence-corrected chi connectivity index (χ2v) is 4.83. The predicted molar refractivity (Wildman–Crippen MR) is 65.7 cm³/mol. The van der Waals surface area contributed by atoms with Gasteiger partial charge in [0.15, 0.2) is 6.29 Å². The van der Waals surface area contributed by atoms with Crippen LogP contribution in [0.15, 0.2) is 12.1 Å². The Morgan fingerprint density at radius 2 is 1.81 bits per heavy atom. The minimum absolute atomic E-state index is 0.233. The average Bonchev–Trinajstić information content (AvgIpc) is 2.27. The molecule has 0 amide bonds. The number of hydrogen-bond acceptors (Lipinski definition) is 2. The van der Waals surface area contributed by atoms with E-state index in [2.05, 4.69) is 0 Å². The monoisotopic (exact) mass is 280 g/mol. The topological polar surface area (TPSA) is 18.5 Å². The Morgan fingerprint density at radius 1 is 1.06 bits per heavy atom. The summed E-state index contributed by atoms with van der Waals surface area (Å²) in [6.45, 7) is 0.726. The molecule has 0 N–H and O–H groups in total. The molecule has 1 unspecified atom stereocenters. The molecule has 2 rings (SSSR count). The third-order valence-electron chi connectivity index (χ3n) is 2.37. The molecule has 1 heterocycles. The first-order valence-electron chi connectivity index (χ1n) is 5.09. The van der Waals surface area contributed by atoms with Gasteiger partial charge in [-0.15, -0.1) is 0 Å². The first-order valence-corrected chi connectivity index (χ1v) is 6.23. The van der Waals surface area contributed by atoms with E-state index in [-0.39, 0.29) is 6.29 Å². The second kappa shape index (κ2) is 5.46. The average molecular weight is 282 g/mol. The normalized spacial score (nSPS) is 20.8. The Bertz CT molecular complexity index is 376. The van der Waals surface area contributed by atoms with Crippen LogP contribution >= 0.6 is 34.8 Å². The van der Waals surface area contributed by atoms with Crippen LogP contribution in [0.25, 0.3) is 0 Å². The van der Waals surface area contributed by atoms with Gasteiger partial charge in [-0.3, -0.25) is 0 Å². The SMILES string of the molecule is Clc1cc(Cl)c(OC2CCCCO2)cc1Cl. The fraction of sp³-hybridized carbons (Fsp3) is 0.455. The van der Waals surface area contributed by atoms with Gasteiger partial charge >= 0.3 is 0 Å². The van der Waals surface area contributed by atoms with Crippen LogP contribution in [0.1, 0.15) is 19.3 Å². The van der Waals surface area contributed by atoms with E-state index in [4.69, 9.17) is 44.3 Å². The van der Waals surface area contributed by atoms with Crippen LogP contribution in [0.2, 0.25) is 15.1 Å². The van der Waals surface area contributed by atoms with Gasteiger partial charge in [0.2, 0.25) is 0 Å². The zero-order valence-electron chi connectivity index (χ0n) is 8.51. The molecule has 0 bridgehead atoms. The minimum Gasteiger partial charge on any atom is -0.463 e. The van der Waals surface area contributed by atoms with Crippen molar-refractivity contribution >= 4 is 34.8 Å². The van der Waals surface area contributed by atoms with E-state index in [0.29, 0.717) is 20.8 Å². The zero-order valence-corrected chi connectivity index (χ0v) is 10.8. The van der Waals surface area contributed by atoms with Crippen LogP contribution < -0.4 is 4.74 Å². The van der Waals surface area contributed by atoms with Gasteiger partial charge in [0, 0.05) is 12.5 Å². The number of benzene rings is 1. The summed E-state index contributed by atoms with van der Waals surface area (Å²) < 4.78 is 11.1. The Labute approximate surface area is 109 Å². The molecule has 0 radical (unpaired) electrons. The molecular weight excluding hydrogens is 270 g/mol. The fourth-order valence-corrected chi connectivity index (χ4v) is 2.12. The Balaban J connectivity index is 2.11. The van der Waals surface area contributed by atoms with Gasteiger partial charge in [0.25, 0.3) is 0 Å². The summed E-state index contributed by atoms with van der Waals surface area (Å²) in [4.78, 5) is 0. The van der Waals surface area contributed by atoms with Crippen molar-refractivity contribution in [2.24, 2.45) is 0 Å². The van der Waals surface area contributed by atoms with Gasteiger partial charge in [-0.05, 0) is 18.9 Å². The van der Waals surface area contributed by atoms with Gasteiger partial charge in [-0.2, -0.15) is 0 Å². The van der Waals surface area contributed by atoms with E-state index in [1.165, 1.54) is 0 Å². The Morgan fingerprint density at radius 3 is 2.50 bits per heavy atom. The third-order valence-corrected chi connectivity index (χ3v) is 3.39. The first-order chi connectivity index (χ1) is 7.66. The Kier molecular flexibility index (Phi) is 4.20. The summed E-state index contributed by atoms with van der Waals surface area (Å²) in [7, 11) is 0. The molecule has 88 valence electrons. The third kappa shape index (κ3) is 2.95. The van der Waals surface area contributed by atoms with E-state index in [9.17, 15) is 0 Å². The van der Waals surface area contributed by atoms with Crippen molar-refractivity contribution < 1.29 is 9.47 Å². The second-order valence-electron chi connectivity index (χ2n) is 3.61. The molecule has 16 heavy (non-hydrogen) atoms. The quantitative estimate of drug-likeness (QED) is 0.740. The fourth-order valence-electron chi connectivity index (χ4n) is 1.54. The van der Waals surface area contributed by atoms with Gasteiger partial charge in [0.05, 0.1) is 21.7 Å². The zero-order chi connectivity index (χ0) is 11.5. The largest absolute Gasteiger partial charge is 0.463 e. The van der Waals surface area contributed by atoms with Crippen LogP contribution in [0.4, 0.5) is 0 Å². The maximum Gasteiger partial charge on any atom is 0.199 e. The summed E-state index contributed by atoms with van der Waals surface area (Å²) in [6.07, 6.45) is 2.82. The molecule has 1 aromatic carbocycles. The van der Waals surface area contributed by atoms with E-state index >= 15 is 0 Å². The molecule has 1 saturated heterocycles. The lowest BCUT2D eigenvalue weighted by molar-refractivity contribution is -0.105. The smallest absolute Gasteiger partial charge is 0.199 e. The van der Waals surface area contributed by atoms with Crippen LogP contribution in [-0.4, -0.2) is 12.9 Å². The number of rotatable bonds is 2. The van der Waals surface area contributed by atoms with Crippen molar-refractivity contribution in [3.63, 3.8) is 0 Å². The highest BCUT2D eigenvalue weighted by Crippen LogP contribution is 2.35. The van der Waals surface area contributed by atoms with Gasteiger partial charge in [0.1, 0.15) is 5.75 Å². The minimum atomic E-state index is -0.233. The number of ether oxygens (including phenoxy) is 2. The Hall–Kier alpha value is -0.150. The van der Waals surface area contributed by atoms with Gasteiger partial charge < -0.3 is 9.47 Å². The van der Waals surface area contributed by atoms with Crippen LogP contribution in [0, 0.1) is 0 Å². The van der Waals surface area contributed by atoms with Crippen molar-refractivity contribution in [1.82, 2.24) is 0 Å². The molecule has 5 heteroatoms. The number of halogens is 3. The summed E-state index contributed by atoms with van der Waals surface area (Å²) in [5.74, 6) is 0.517. The van der Waals surface area contributed by atoms with Crippen molar-refractivity contribution in [3.05, 3.63) is 27.2 Å². The summed E-state index contributed by atoms with van der Waals surface area (Å²) in [6, 6.07) is 3.19. The highest BCUT2D eigenvalue weighted by Gasteiger charge is 2.17. The molecule has 1 fully saturated rings. The molecule has 0 saturated carbocycles. The summed E-state index contributed by atoms with van der Waals surface area (Å²) in [5, 5.41) is 1.30. The summed E-state index contributed by atoms with van der Waals surface area (Å²) in [5.41, 5.74) is 0. The van der Waals surface area contributed by atoms with Crippen LogP contribution in [0.5, 0.6) is 5.75 Å². The molecule has 0 aliphatic carbocycles. The van der Waals surface area contributed by atoms with Gasteiger partial charge in [-0.1, -0.05) is 34.8 Å². The van der Waals surface area contributed by atoms with E-state index in [1.807, 2.05) is 0 Å². The number of hydrogen-bond donors (Lipinski definition) is 0. The molecule has 1 aliphatic heterocycles. The van der Waals surface area contributed by atoms with Crippen LogP contribution in [0.3, 0.4) is 0 Å². The summed E-state index contributed by atoms with van der Waals surface area (Å²) >= 11 is 17.7. The van der Waals surface area contributed by atoms with Crippen molar-refractivity contribution in [3.8, 4) is 5.75 Å². The van der Waals surface area contributed by atoms with Crippen LogP contribution in [-0.2, 0) is 4.74 Å². The van der Waals surface area contributed by atoms with E-state index in [1.54, 1.807) is 12.1 Å². The highest BCUT2D eigenvalue weighted by molar-refractivity contribution is 6.43. The molecule has 1 aliphatic rings. The molecule has 2 nitrogen and oxygen atoms in total. The van der Waals surface area contributed by atoms with Crippen molar-refractivity contribution in [2.75, 3.05) is 6.61 Å². The maximum absolute atomic E-state index is 6.00. The molecular formula is C11H11Cl3O2. The van der Waals surface area contributed by atoms with Crippen molar-refractivity contribution in [1.29, 1.82) is 0 Å². The molecule has 0 spiro atoms. The highest BCUT2D eigenvalue weighted by atomic mass is 35.5. The lowest BCUT2D eigenvalue weighted by Gasteiger charge is -2.24. The molecule has 1 aromatic rings.